The second kappa shape index (κ2) is 13.7. The minimum absolute atomic E-state index is 0.0324. The van der Waals surface area contributed by atoms with Gasteiger partial charge in [0, 0.05) is 38.3 Å². The molecule has 12 nitrogen and oxygen atoms in total. The van der Waals surface area contributed by atoms with Crippen molar-refractivity contribution in [2.45, 2.75) is 43.5 Å². The SMILES string of the molecule is O=C(O)C1OC(Oc2ccc(N3CCN(CCCCOc4ccc5ccc(=O)[nH]c5c4)CC3)c(Cl)c2Cl)C(O)C(O)C1O. The smallest absolute Gasteiger partial charge is 0.335 e. The van der Waals surface area contributed by atoms with E-state index in [2.05, 4.69) is 14.8 Å². The molecule has 0 amide bonds. The van der Waals surface area contributed by atoms with Crippen LogP contribution in [0, 0.1) is 0 Å². The summed E-state index contributed by atoms with van der Waals surface area (Å²) in [7, 11) is 0. The molecular formula is C29H33Cl2N3O9. The van der Waals surface area contributed by atoms with E-state index < -0.39 is 36.7 Å². The number of aromatic amines is 1. The van der Waals surface area contributed by atoms with E-state index in [1.165, 1.54) is 12.1 Å². The monoisotopic (exact) mass is 637 g/mol. The van der Waals surface area contributed by atoms with Crippen LogP contribution in [0.3, 0.4) is 0 Å². The average Bonchev–Trinajstić information content (AvgIpc) is 2.99. The number of anilines is 1. The number of carboxylic acids is 1. The van der Waals surface area contributed by atoms with Gasteiger partial charge in [0.25, 0.3) is 0 Å². The molecule has 43 heavy (non-hydrogen) atoms. The normalized spacial score (nSPS) is 24.7. The van der Waals surface area contributed by atoms with Crippen molar-refractivity contribution in [3.8, 4) is 11.5 Å². The maximum Gasteiger partial charge on any atom is 0.335 e. The summed E-state index contributed by atoms with van der Waals surface area (Å²) in [5, 5.41) is 40.6. The summed E-state index contributed by atoms with van der Waals surface area (Å²) >= 11 is 13.0. The van der Waals surface area contributed by atoms with Crippen LogP contribution in [0.1, 0.15) is 12.8 Å². The Morgan fingerprint density at radius 1 is 0.953 bits per heavy atom. The van der Waals surface area contributed by atoms with Gasteiger partial charge in [0.1, 0.15) is 34.8 Å². The van der Waals surface area contributed by atoms with Crippen molar-refractivity contribution < 1.29 is 39.4 Å². The van der Waals surface area contributed by atoms with Gasteiger partial charge >= 0.3 is 5.97 Å². The van der Waals surface area contributed by atoms with Crippen LogP contribution < -0.4 is 19.9 Å². The van der Waals surface area contributed by atoms with Crippen LogP contribution >= 0.6 is 23.2 Å². The maximum absolute atomic E-state index is 11.5. The van der Waals surface area contributed by atoms with E-state index in [0.29, 0.717) is 12.3 Å². The lowest BCUT2D eigenvalue weighted by Crippen LogP contribution is -2.61. The number of hydrogen-bond acceptors (Lipinski definition) is 10. The number of nitrogens with one attached hydrogen (secondary N) is 1. The summed E-state index contributed by atoms with van der Waals surface area (Å²) in [5.41, 5.74) is 1.30. The van der Waals surface area contributed by atoms with Gasteiger partial charge in [-0.05, 0) is 55.1 Å². The maximum atomic E-state index is 11.5. The van der Waals surface area contributed by atoms with Crippen molar-refractivity contribution in [3.05, 3.63) is 62.9 Å². The molecule has 14 heteroatoms. The Labute approximate surface area is 256 Å². The Morgan fingerprint density at radius 2 is 1.70 bits per heavy atom. The van der Waals surface area contributed by atoms with Gasteiger partial charge in [-0.3, -0.25) is 9.69 Å². The van der Waals surface area contributed by atoms with Crippen molar-refractivity contribution in [1.29, 1.82) is 0 Å². The highest BCUT2D eigenvalue weighted by Gasteiger charge is 2.48. The topological polar surface area (TPSA) is 165 Å². The first-order valence-electron chi connectivity index (χ1n) is 13.9. The molecule has 2 aliphatic rings. The number of aliphatic hydroxyl groups is 3. The van der Waals surface area contributed by atoms with E-state index in [1.54, 1.807) is 12.1 Å². The zero-order valence-electron chi connectivity index (χ0n) is 23.1. The largest absolute Gasteiger partial charge is 0.494 e. The van der Waals surface area contributed by atoms with Crippen molar-refractivity contribution in [3.63, 3.8) is 0 Å². The first-order valence-corrected chi connectivity index (χ1v) is 14.7. The van der Waals surface area contributed by atoms with Crippen molar-refractivity contribution in [2.24, 2.45) is 0 Å². The van der Waals surface area contributed by atoms with Gasteiger partial charge < -0.3 is 44.5 Å². The second-order valence-corrected chi connectivity index (χ2v) is 11.3. The van der Waals surface area contributed by atoms with Gasteiger partial charge in [0.05, 0.1) is 22.8 Å². The Balaban J connectivity index is 1.08. The minimum Gasteiger partial charge on any atom is -0.494 e. The van der Waals surface area contributed by atoms with Crippen LogP contribution in [0.4, 0.5) is 5.69 Å². The van der Waals surface area contributed by atoms with Crippen LogP contribution in [-0.2, 0) is 9.53 Å². The molecule has 0 spiro atoms. The molecule has 1 aromatic heterocycles. The molecule has 5 unspecified atom stereocenters. The van der Waals surface area contributed by atoms with Gasteiger partial charge in [-0.2, -0.15) is 0 Å². The lowest BCUT2D eigenvalue weighted by atomic mass is 9.99. The molecule has 3 heterocycles. The number of carbonyl (C=O) groups is 1. The third kappa shape index (κ3) is 7.18. The predicted octanol–water partition coefficient (Wildman–Crippen LogP) is 2.09. The highest BCUT2D eigenvalue weighted by Crippen LogP contribution is 2.40. The molecule has 0 bridgehead atoms. The third-order valence-corrected chi connectivity index (χ3v) is 8.48. The molecule has 0 saturated carbocycles. The summed E-state index contributed by atoms with van der Waals surface area (Å²) in [6.07, 6.45) is -6.88. The molecule has 3 aromatic rings. The summed E-state index contributed by atoms with van der Waals surface area (Å²) in [4.78, 5) is 30.2. The van der Waals surface area contributed by atoms with E-state index >= 15 is 0 Å². The fourth-order valence-electron chi connectivity index (χ4n) is 5.19. The lowest BCUT2D eigenvalue weighted by Gasteiger charge is -2.39. The number of carboxylic acid groups (broad SMARTS) is 1. The average molecular weight is 639 g/mol. The fourth-order valence-corrected chi connectivity index (χ4v) is 5.67. The summed E-state index contributed by atoms with van der Waals surface area (Å²) in [6.45, 7) is 4.58. The predicted molar refractivity (Wildman–Crippen MR) is 159 cm³/mol. The number of hydrogen-bond donors (Lipinski definition) is 5. The Bertz CT molecular complexity index is 1500. The van der Waals surface area contributed by atoms with Gasteiger partial charge in [-0.15, -0.1) is 0 Å². The lowest BCUT2D eigenvalue weighted by molar-refractivity contribution is -0.271. The van der Waals surface area contributed by atoms with Gasteiger partial charge in [-0.25, -0.2) is 4.79 Å². The molecule has 5 rings (SSSR count). The molecule has 2 saturated heterocycles. The van der Waals surface area contributed by atoms with Crippen LogP contribution in [-0.4, -0.2) is 106 Å². The number of halogens is 2. The summed E-state index contributed by atoms with van der Waals surface area (Å²) < 4.78 is 16.6. The van der Waals surface area contributed by atoms with Crippen molar-refractivity contribution >= 4 is 45.8 Å². The Morgan fingerprint density at radius 3 is 2.44 bits per heavy atom. The minimum atomic E-state index is -1.83. The van der Waals surface area contributed by atoms with E-state index in [4.69, 9.17) is 37.4 Å². The highest BCUT2D eigenvalue weighted by molar-refractivity contribution is 6.44. The highest BCUT2D eigenvalue weighted by atomic mass is 35.5. The fraction of sp³-hybridized carbons (Fsp3) is 0.448. The number of aliphatic hydroxyl groups excluding tert-OH is 3. The van der Waals surface area contributed by atoms with E-state index in [-0.39, 0.29) is 21.4 Å². The first kappa shape index (κ1) is 31.3. The number of benzene rings is 2. The van der Waals surface area contributed by atoms with E-state index in [0.717, 1.165) is 62.2 Å². The molecule has 5 atom stereocenters. The molecule has 2 fully saturated rings. The second-order valence-electron chi connectivity index (χ2n) is 10.5. The number of aromatic nitrogens is 1. The molecule has 5 N–H and O–H groups in total. The Kier molecular flexibility index (Phi) is 9.97. The summed E-state index contributed by atoms with van der Waals surface area (Å²) in [5.74, 6) is -0.761. The molecular weight excluding hydrogens is 605 g/mol. The first-order chi connectivity index (χ1) is 20.6. The molecule has 0 radical (unpaired) electrons. The van der Waals surface area contributed by atoms with Crippen LogP contribution in [0.5, 0.6) is 11.5 Å². The quantitative estimate of drug-likeness (QED) is 0.207. The number of piperazine rings is 1. The van der Waals surface area contributed by atoms with E-state index in [9.17, 15) is 30.0 Å². The number of rotatable bonds is 10. The van der Waals surface area contributed by atoms with Crippen LogP contribution in [0.15, 0.2) is 47.3 Å². The summed E-state index contributed by atoms with van der Waals surface area (Å²) in [6, 6.07) is 12.2. The number of ether oxygens (including phenoxy) is 3. The number of fused-ring (bicyclic) bond motifs is 1. The van der Waals surface area contributed by atoms with E-state index in [1.807, 2.05) is 18.2 Å². The number of pyridine rings is 1. The number of aliphatic carboxylic acids is 1. The van der Waals surface area contributed by atoms with Crippen LogP contribution in [0.2, 0.25) is 10.0 Å². The van der Waals surface area contributed by atoms with Crippen molar-refractivity contribution in [1.82, 2.24) is 9.88 Å². The van der Waals surface area contributed by atoms with Gasteiger partial charge in [0.2, 0.25) is 11.8 Å². The van der Waals surface area contributed by atoms with Gasteiger partial charge in [-0.1, -0.05) is 23.2 Å². The zero-order chi connectivity index (χ0) is 30.7. The molecule has 232 valence electrons. The molecule has 2 aromatic carbocycles. The van der Waals surface area contributed by atoms with Crippen LogP contribution in [0.25, 0.3) is 10.9 Å². The number of unbranched alkanes of at least 4 members (excludes halogenated alkanes) is 1. The standard InChI is InChI=1S/C29H33Cl2N3O9/c30-22-19(6-7-20(23(22)31)42-29-26(38)24(36)25(37)27(43-29)28(39)40)34-12-10-33(11-13-34)9-1-2-14-41-17-5-3-16-4-8-21(35)32-18(16)15-17/h3-8,15,24-27,29,36-38H,1-2,9-14H2,(H,32,35)(H,39,40). The Hall–Kier alpha value is -3.10. The number of H-pyrrole nitrogens is 1. The third-order valence-electron chi connectivity index (χ3n) is 7.63. The molecule has 0 aliphatic carbocycles. The number of nitrogens with zero attached hydrogens (tertiary/aromatic N) is 2. The van der Waals surface area contributed by atoms with Crippen molar-refractivity contribution in [2.75, 3.05) is 44.2 Å². The van der Waals surface area contributed by atoms with Gasteiger partial charge in [0.15, 0.2) is 6.10 Å². The zero-order valence-corrected chi connectivity index (χ0v) is 24.6. The molecule has 2 aliphatic heterocycles.